The minimum Gasteiger partial charge on any atom is -0.396 e. The van der Waals surface area contributed by atoms with Gasteiger partial charge in [-0.3, -0.25) is 0 Å². The van der Waals surface area contributed by atoms with Crippen LogP contribution in [-0.2, 0) is 0 Å². The van der Waals surface area contributed by atoms with E-state index in [-0.39, 0.29) is 29.6 Å². The molecule has 0 saturated heterocycles. The third-order valence-electron chi connectivity index (χ3n) is 2.07. The van der Waals surface area contributed by atoms with Gasteiger partial charge in [-0.25, -0.2) is 0 Å². The number of hydrogen-bond donors (Lipinski definition) is 2. The van der Waals surface area contributed by atoms with Crippen molar-refractivity contribution in [2.45, 2.75) is 51.4 Å². The van der Waals surface area contributed by atoms with Crippen molar-refractivity contribution in [3.63, 3.8) is 0 Å². The molecule has 0 radical (unpaired) electrons. The zero-order valence-corrected chi connectivity index (χ0v) is 11.0. The second kappa shape index (κ2) is 15.4. The van der Waals surface area contributed by atoms with Gasteiger partial charge in [0.05, 0.1) is 0 Å². The predicted octanol–water partition coefficient (Wildman–Crippen LogP) is -0.904. The van der Waals surface area contributed by atoms with Crippen molar-refractivity contribution >= 4 is 0 Å². The first-order valence-electron chi connectivity index (χ1n) is 5.13. The van der Waals surface area contributed by atoms with Crippen LogP contribution in [0.2, 0.25) is 0 Å². The Labute approximate surface area is 104 Å². The second-order valence-corrected chi connectivity index (χ2v) is 3.28. The summed E-state index contributed by atoms with van der Waals surface area (Å²) in [6.07, 6.45) is 9.30. The molecule has 0 saturated carbocycles. The van der Waals surface area contributed by atoms with Crippen LogP contribution in [0.1, 0.15) is 51.4 Å². The average Bonchev–Trinajstić information content (AvgIpc) is 2.10. The summed E-state index contributed by atoms with van der Waals surface area (Å²) >= 11 is 0. The quantitative estimate of drug-likeness (QED) is 0.371. The number of hydrogen-bond acceptors (Lipinski definition) is 2. The van der Waals surface area contributed by atoms with Crippen LogP contribution >= 0.6 is 0 Å². The van der Waals surface area contributed by atoms with Crippen molar-refractivity contribution in [3.05, 3.63) is 0 Å². The summed E-state index contributed by atoms with van der Waals surface area (Å²) in [5.41, 5.74) is 0. The molecule has 0 aliphatic rings. The molecule has 0 rings (SSSR count). The molecular weight excluding hydrogens is 175 g/mol. The van der Waals surface area contributed by atoms with Crippen LogP contribution in [0, 0.1) is 0 Å². The molecule has 0 fully saturated rings. The van der Waals surface area contributed by atoms with E-state index in [2.05, 4.69) is 0 Å². The maximum atomic E-state index is 8.51. The summed E-state index contributed by atoms with van der Waals surface area (Å²) < 4.78 is 0. The summed E-state index contributed by atoms with van der Waals surface area (Å²) in [5, 5.41) is 17.0. The number of unbranched alkanes of at least 4 members (excludes halogenated alkanes) is 7. The monoisotopic (exact) mass is 197 g/mol. The molecule has 74 valence electrons. The standard InChI is InChI=1S/C10H22O2.Na/c11-9-7-5-3-1-2-4-6-8-10-12;/h11-12H,1-10H2;/q;+1. The Morgan fingerprint density at radius 2 is 0.692 bits per heavy atom. The summed E-state index contributed by atoms with van der Waals surface area (Å²) in [4.78, 5) is 0. The molecule has 2 nitrogen and oxygen atoms in total. The molecule has 0 aliphatic heterocycles. The fourth-order valence-corrected chi connectivity index (χ4v) is 1.28. The topological polar surface area (TPSA) is 40.5 Å². The van der Waals surface area contributed by atoms with Crippen molar-refractivity contribution in [1.29, 1.82) is 0 Å². The molecule has 0 atom stereocenters. The van der Waals surface area contributed by atoms with Gasteiger partial charge >= 0.3 is 29.6 Å². The van der Waals surface area contributed by atoms with Crippen molar-refractivity contribution in [2.24, 2.45) is 0 Å². The second-order valence-electron chi connectivity index (χ2n) is 3.28. The first kappa shape index (κ1) is 16.4. The van der Waals surface area contributed by atoms with Gasteiger partial charge in [0.1, 0.15) is 0 Å². The number of aliphatic hydroxyl groups excluding tert-OH is 2. The summed E-state index contributed by atoms with van der Waals surface area (Å²) in [5.74, 6) is 0. The first-order valence-corrected chi connectivity index (χ1v) is 5.13. The van der Waals surface area contributed by atoms with Crippen LogP contribution in [-0.4, -0.2) is 23.4 Å². The Bertz CT molecular complexity index is 69.3. The Balaban J connectivity index is 0. The van der Waals surface area contributed by atoms with Crippen molar-refractivity contribution in [1.82, 2.24) is 0 Å². The Morgan fingerprint density at radius 1 is 0.462 bits per heavy atom. The molecule has 13 heavy (non-hydrogen) atoms. The molecule has 0 aromatic rings. The van der Waals surface area contributed by atoms with Gasteiger partial charge in [-0.15, -0.1) is 0 Å². The molecule has 0 unspecified atom stereocenters. The molecule has 0 aliphatic carbocycles. The molecule has 0 aromatic carbocycles. The smallest absolute Gasteiger partial charge is 0.396 e. The maximum Gasteiger partial charge on any atom is 1.00 e. The molecule has 0 bridgehead atoms. The van der Waals surface area contributed by atoms with Gasteiger partial charge in [0.25, 0.3) is 0 Å². The molecular formula is C10H22NaO2+. The molecule has 2 N–H and O–H groups in total. The Morgan fingerprint density at radius 3 is 0.923 bits per heavy atom. The molecule has 0 aromatic heterocycles. The van der Waals surface area contributed by atoms with Gasteiger partial charge in [0.2, 0.25) is 0 Å². The predicted molar refractivity (Wildman–Crippen MR) is 51.1 cm³/mol. The van der Waals surface area contributed by atoms with Crippen LogP contribution < -0.4 is 29.6 Å². The zero-order valence-electron chi connectivity index (χ0n) is 8.97. The SMILES string of the molecule is OCCCCCCCCCCO.[Na+]. The zero-order chi connectivity index (χ0) is 9.07. The van der Waals surface area contributed by atoms with E-state index in [0.29, 0.717) is 13.2 Å². The van der Waals surface area contributed by atoms with E-state index in [4.69, 9.17) is 10.2 Å². The minimum absolute atomic E-state index is 0. The fourth-order valence-electron chi connectivity index (χ4n) is 1.28. The molecule has 0 heterocycles. The average molecular weight is 197 g/mol. The fraction of sp³-hybridized carbons (Fsp3) is 1.00. The third-order valence-corrected chi connectivity index (χ3v) is 2.07. The van der Waals surface area contributed by atoms with Gasteiger partial charge in [-0.05, 0) is 12.8 Å². The molecule has 0 amide bonds. The van der Waals surface area contributed by atoms with Gasteiger partial charge in [0, 0.05) is 13.2 Å². The van der Waals surface area contributed by atoms with Crippen LogP contribution in [0.3, 0.4) is 0 Å². The van der Waals surface area contributed by atoms with E-state index in [1.54, 1.807) is 0 Å². The minimum atomic E-state index is 0. The summed E-state index contributed by atoms with van der Waals surface area (Å²) in [6, 6.07) is 0. The van der Waals surface area contributed by atoms with Crippen LogP contribution in [0.4, 0.5) is 0 Å². The van der Waals surface area contributed by atoms with Crippen molar-refractivity contribution in [2.75, 3.05) is 13.2 Å². The molecule has 0 spiro atoms. The normalized spacial score (nSPS) is 9.69. The van der Waals surface area contributed by atoms with Crippen molar-refractivity contribution in [3.8, 4) is 0 Å². The van der Waals surface area contributed by atoms with E-state index in [9.17, 15) is 0 Å². The van der Waals surface area contributed by atoms with E-state index in [1.807, 2.05) is 0 Å². The largest absolute Gasteiger partial charge is 1.00 e. The van der Waals surface area contributed by atoms with Crippen LogP contribution in [0.15, 0.2) is 0 Å². The van der Waals surface area contributed by atoms with Crippen LogP contribution in [0.25, 0.3) is 0 Å². The summed E-state index contributed by atoms with van der Waals surface area (Å²) in [6.45, 7) is 0.676. The Kier molecular flexibility index (Phi) is 19.4. The summed E-state index contributed by atoms with van der Waals surface area (Å²) in [7, 11) is 0. The molecule has 3 heteroatoms. The Hall–Kier alpha value is 0.920. The van der Waals surface area contributed by atoms with Crippen LogP contribution in [0.5, 0.6) is 0 Å². The first-order chi connectivity index (χ1) is 5.91. The van der Waals surface area contributed by atoms with Crippen molar-refractivity contribution < 1.29 is 39.8 Å². The third kappa shape index (κ3) is 15.7. The van der Waals surface area contributed by atoms with Gasteiger partial charge in [-0.2, -0.15) is 0 Å². The van der Waals surface area contributed by atoms with Gasteiger partial charge < -0.3 is 10.2 Å². The van der Waals surface area contributed by atoms with E-state index < -0.39 is 0 Å². The van der Waals surface area contributed by atoms with Gasteiger partial charge in [-0.1, -0.05) is 38.5 Å². The van der Waals surface area contributed by atoms with E-state index >= 15 is 0 Å². The van der Waals surface area contributed by atoms with E-state index in [1.165, 1.54) is 25.7 Å². The van der Waals surface area contributed by atoms with Gasteiger partial charge in [0.15, 0.2) is 0 Å². The number of rotatable bonds is 9. The number of aliphatic hydroxyl groups is 2. The van der Waals surface area contributed by atoms with E-state index in [0.717, 1.165) is 25.7 Å². The maximum absolute atomic E-state index is 8.51.